The van der Waals surface area contributed by atoms with Gasteiger partial charge < -0.3 is 25.2 Å². The first-order valence-electron chi connectivity index (χ1n) is 15.3. The third-order valence-corrected chi connectivity index (χ3v) is 9.36. The lowest BCUT2D eigenvalue weighted by atomic mass is 9.86. The summed E-state index contributed by atoms with van der Waals surface area (Å²) in [6.07, 6.45) is 4.00. The molecule has 2 aliphatic heterocycles. The predicted molar refractivity (Wildman–Crippen MR) is 165 cm³/mol. The Balaban J connectivity index is 1.22. The van der Waals surface area contributed by atoms with E-state index in [4.69, 9.17) is 10.5 Å². The standard InChI is InChI=1S/C34H44N4O3/c1-3-18-38(19-14-28(15-20-38)32(35)34(40)37-16-21-41-22-17-37)25(2)23-26-8-6-11-29(24-26)36-33(39)31-13-7-10-27-9-4-5-12-30(27)31/h4-13,24-25,28,32H,3,14-23,35H2,1-2H3/p+1. The lowest BCUT2D eigenvalue weighted by Gasteiger charge is -2.49. The number of nitrogens with two attached hydrogens (primary N) is 1. The minimum absolute atomic E-state index is 0.0872. The number of nitrogens with one attached hydrogen (secondary N) is 1. The van der Waals surface area contributed by atoms with E-state index >= 15 is 0 Å². The molecule has 2 amide bonds. The summed E-state index contributed by atoms with van der Waals surface area (Å²) in [4.78, 5) is 28.1. The number of hydrogen-bond acceptors (Lipinski definition) is 4. The zero-order valence-corrected chi connectivity index (χ0v) is 24.6. The molecule has 0 spiro atoms. The third kappa shape index (κ3) is 6.64. The van der Waals surface area contributed by atoms with Gasteiger partial charge in [-0.1, -0.05) is 55.5 Å². The van der Waals surface area contributed by atoms with Crippen molar-refractivity contribution in [3.8, 4) is 0 Å². The van der Waals surface area contributed by atoms with E-state index in [0.717, 1.165) is 66.3 Å². The molecule has 7 heteroatoms. The van der Waals surface area contributed by atoms with Crippen molar-refractivity contribution < 1.29 is 18.8 Å². The number of quaternary nitrogens is 1. The number of piperidine rings is 1. The van der Waals surface area contributed by atoms with Crippen LogP contribution in [0.2, 0.25) is 0 Å². The van der Waals surface area contributed by atoms with Gasteiger partial charge in [-0.2, -0.15) is 0 Å². The quantitative estimate of drug-likeness (QED) is 0.369. The molecule has 2 saturated heterocycles. The van der Waals surface area contributed by atoms with E-state index in [2.05, 4.69) is 31.3 Å². The molecule has 218 valence electrons. The van der Waals surface area contributed by atoms with Crippen molar-refractivity contribution in [2.75, 3.05) is 51.3 Å². The fourth-order valence-electron chi connectivity index (χ4n) is 6.92. The Labute approximate surface area is 244 Å². The number of likely N-dealkylation sites (tertiary alicyclic amines) is 1. The normalized spacial score (nSPS) is 22.7. The second-order valence-electron chi connectivity index (χ2n) is 11.9. The van der Waals surface area contributed by atoms with E-state index < -0.39 is 6.04 Å². The summed E-state index contributed by atoms with van der Waals surface area (Å²) in [6.45, 7) is 10.3. The predicted octanol–water partition coefficient (Wildman–Crippen LogP) is 4.85. The van der Waals surface area contributed by atoms with Crippen molar-refractivity contribution in [3.63, 3.8) is 0 Å². The minimum atomic E-state index is -0.422. The molecule has 41 heavy (non-hydrogen) atoms. The summed E-state index contributed by atoms with van der Waals surface area (Å²) in [5.41, 5.74) is 9.27. The molecule has 2 heterocycles. The number of benzene rings is 3. The highest BCUT2D eigenvalue weighted by atomic mass is 16.5. The average molecular weight is 558 g/mol. The molecule has 0 radical (unpaired) electrons. The molecule has 7 nitrogen and oxygen atoms in total. The van der Waals surface area contributed by atoms with Crippen molar-refractivity contribution in [2.24, 2.45) is 11.7 Å². The lowest BCUT2D eigenvalue weighted by Crippen LogP contribution is -2.61. The molecule has 0 saturated carbocycles. The molecule has 0 aliphatic carbocycles. The van der Waals surface area contributed by atoms with Crippen LogP contribution in [0.5, 0.6) is 0 Å². The molecule has 2 atom stereocenters. The molecule has 3 aromatic rings. The number of anilines is 1. The van der Waals surface area contributed by atoms with Gasteiger partial charge in [-0.05, 0) is 53.8 Å². The zero-order chi connectivity index (χ0) is 28.8. The number of fused-ring (bicyclic) bond motifs is 1. The summed E-state index contributed by atoms with van der Waals surface area (Å²) in [5.74, 6) is 0.226. The molecular weight excluding hydrogens is 512 g/mol. The molecule has 2 unspecified atom stereocenters. The topological polar surface area (TPSA) is 84.7 Å². The maximum atomic E-state index is 13.2. The minimum Gasteiger partial charge on any atom is -0.378 e. The highest BCUT2D eigenvalue weighted by molar-refractivity contribution is 6.12. The number of amides is 2. The Morgan fingerprint density at radius 2 is 1.73 bits per heavy atom. The second-order valence-corrected chi connectivity index (χ2v) is 11.9. The summed E-state index contributed by atoms with van der Waals surface area (Å²) in [6, 6.07) is 22.1. The number of hydrogen-bond donors (Lipinski definition) is 2. The molecule has 2 aliphatic rings. The largest absolute Gasteiger partial charge is 0.378 e. The van der Waals surface area contributed by atoms with Gasteiger partial charge in [-0.3, -0.25) is 9.59 Å². The van der Waals surface area contributed by atoms with Crippen molar-refractivity contribution in [3.05, 3.63) is 77.9 Å². The van der Waals surface area contributed by atoms with E-state index in [1.165, 1.54) is 5.56 Å². The Morgan fingerprint density at radius 3 is 2.49 bits per heavy atom. The SMILES string of the molecule is CCC[N+]1(C(C)Cc2cccc(NC(=O)c3cccc4ccccc34)c2)CCC(C(N)C(=O)N2CCOCC2)CC1. The molecule has 0 bridgehead atoms. The summed E-state index contributed by atoms with van der Waals surface area (Å²) in [7, 11) is 0. The molecule has 0 aromatic heterocycles. The van der Waals surface area contributed by atoms with Crippen LogP contribution in [0.15, 0.2) is 66.7 Å². The fraction of sp³-hybridized carbons (Fsp3) is 0.471. The van der Waals surface area contributed by atoms with E-state index in [9.17, 15) is 9.59 Å². The van der Waals surface area contributed by atoms with Gasteiger partial charge in [0.1, 0.15) is 0 Å². The van der Waals surface area contributed by atoms with Crippen LogP contribution in [-0.2, 0) is 16.0 Å². The van der Waals surface area contributed by atoms with Crippen molar-refractivity contribution in [1.29, 1.82) is 0 Å². The number of rotatable bonds is 9. The fourth-order valence-corrected chi connectivity index (χ4v) is 6.92. The number of ether oxygens (including phenoxy) is 1. The van der Waals surface area contributed by atoms with Crippen LogP contribution in [0.1, 0.15) is 49.0 Å². The summed E-state index contributed by atoms with van der Waals surface area (Å²) in [5, 5.41) is 5.15. The summed E-state index contributed by atoms with van der Waals surface area (Å²) >= 11 is 0. The summed E-state index contributed by atoms with van der Waals surface area (Å²) < 4.78 is 6.46. The van der Waals surface area contributed by atoms with Gasteiger partial charge in [-0.15, -0.1) is 0 Å². The maximum Gasteiger partial charge on any atom is 0.256 e. The molecule has 3 aromatic carbocycles. The molecule has 5 rings (SSSR count). The van der Waals surface area contributed by atoms with Crippen LogP contribution in [0.4, 0.5) is 5.69 Å². The molecule has 3 N–H and O–H groups in total. The van der Waals surface area contributed by atoms with Gasteiger partial charge in [-0.25, -0.2) is 0 Å². The Morgan fingerprint density at radius 1 is 1.02 bits per heavy atom. The second kappa shape index (κ2) is 13.1. The smallest absolute Gasteiger partial charge is 0.256 e. The number of carbonyl (C=O) groups excluding carboxylic acids is 2. The maximum absolute atomic E-state index is 13.2. The van der Waals surface area contributed by atoms with Crippen molar-refractivity contribution in [2.45, 2.75) is 51.6 Å². The monoisotopic (exact) mass is 557 g/mol. The van der Waals surface area contributed by atoms with E-state index in [0.29, 0.717) is 37.9 Å². The number of nitrogens with zero attached hydrogens (tertiary/aromatic N) is 2. The van der Waals surface area contributed by atoms with Crippen LogP contribution >= 0.6 is 0 Å². The third-order valence-electron chi connectivity index (χ3n) is 9.36. The first-order valence-corrected chi connectivity index (χ1v) is 15.3. The highest BCUT2D eigenvalue weighted by Gasteiger charge is 2.41. The van der Waals surface area contributed by atoms with Gasteiger partial charge in [0, 0.05) is 43.6 Å². The Hall–Kier alpha value is -3.26. The van der Waals surface area contributed by atoms with Crippen LogP contribution in [0.3, 0.4) is 0 Å². The first kappa shape index (κ1) is 29.2. The first-order chi connectivity index (χ1) is 19.9. The average Bonchev–Trinajstić information content (AvgIpc) is 3.01. The zero-order valence-electron chi connectivity index (χ0n) is 24.6. The van der Waals surface area contributed by atoms with Gasteiger partial charge >= 0.3 is 0 Å². The number of carbonyl (C=O) groups is 2. The van der Waals surface area contributed by atoms with E-state index in [1.807, 2.05) is 59.5 Å². The van der Waals surface area contributed by atoms with Gasteiger partial charge in [0.15, 0.2) is 0 Å². The van der Waals surface area contributed by atoms with Crippen LogP contribution < -0.4 is 11.1 Å². The molecular formula is C34H45N4O3+. The van der Waals surface area contributed by atoms with Crippen molar-refractivity contribution >= 4 is 28.3 Å². The Bertz CT molecular complexity index is 1340. The van der Waals surface area contributed by atoms with Crippen LogP contribution in [-0.4, -0.2) is 79.2 Å². The highest BCUT2D eigenvalue weighted by Crippen LogP contribution is 2.31. The van der Waals surface area contributed by atoms with Gasteiger partial charge in [0.2, 0.25) is 5.91 Å². The number of morpholine rings is 1. The van der Waals surface area contributed by atoms with Crippen LogP contribution in [0.25, 0.3) is 10.8 Å². The lowest BCUT2D eigenvalue weighted by molar-refractivity contribution is -0.954. The van der Waals surface area contributed by atoms with Crippen molar-refractivity contribution in [1.82, 2.24) is 4.90 Å². The van der Waals surface area contributed by atoms with Gasteiger partial charge in [0.25, 0.3) is 5.91 Å². The Kier molecular flexibility index (Phi) is 9.38. The van der Waals surface area contributed by atoms with Crippen LogP contribution in [0, 0.1) is 5.92 Å². The van der Waals surface area contributed by atoms with E-state index in [-0.39, 0.29) is 17.7 Å². The molecule has 2 fully saturated rings. The van der Waals surface area contributed by atoms with Gasteiger partial charge in [0.05, 0.1) is 44.9 Å². The van der Waals surface area contributed by atoms with E-state index in [1.54, 1.807) is 0 Å².